The van der Waals surface area contributed by atoms with Gasteiger partial charge in [0.15, 0.2) is 0 Å². The molecule has 3 aliphatic carbocycles. The number of benzene rings is 2. The second-order valence-corrected chi connectivity index (χ2v) is 13.6. The molecule has 0 radical (unpaired) electrons. The first-order valence-electron chi connectivity index (χ1n) is 16.0. The van der Waals surface area contributed by atoms with Crippen molar-refractivity contribution in [3.8, 4) is 6.07 Å². The van der Waals surface area contributed by atoms with Crippen LogP contribution >= 0.6 is 0 Å². The fourth-order valence-corrected chi connectivity index (χ4v) is 7.58. The van der Waals surface area contributed by atoms with Crippen LogP contribution in [0.4, 0.5) is 18.0 Å². The highest BCUT2D eigenvalue weighted by atomic mass is 19.4. The minimum Gasteiger partial charge on any atom is -0.404 e. The lowest BCUT2D eigenvalue weighted by molar-refractivity contribution is -0.199. The molecule has 2 N–H and O–H groups in total. The van der Waals surface area contributed by atoms with Gasteiger partial charge in [0.25, 0.3) is 0 Å². The van der Waals surface area contributed by atoms with Gasteiger partial charge in [0.05, 0.1) is 34.5 Å². The average molecular weight is 643 g/mol. The first-order chi connectivity index (χ1) is 22.4. The Labute approximate surface area is 273 Å². The molecule has 2 heterocycles. The third-order valence-electron chi connectivity index (χ3n) is 10.4. The Balaban J connectivity index is 1.08. The number of aromatic nitrogens is 1. The number of amides is 2. The van der Waals surface area contributed by atoms with E-state index in [1.54, 1.807) is 12.1 Å². The molecule has 4 aliphatic rings. The molecule has 2 amide bonds. The average Bonchev–Trinajstić information content (AvgIpc) is 3.41. The van der Waals surface area contributed by atoms with Crippen LogP contribution in [-0.2, 0) is 28.3 Å². The van der Waals surface area contributed by atoms with Gasteiger partial charge in [-0.1, -0.05) is 68.4 Å². The predicted octanol–water partition coefficient (Wildman–Crippen LogP) is 6.89. The lowest BCUT2D eigenvalue weighted by atomic mass is 9.43. The Morgan fingerprint density at radius 2 is 1.87 bits per heavy atom. The molecule has 3 aromatic rings. The summed E-state index contributed by atoms with van der Waals surface area (Å²) >= 11 is 0. The van der Waals surface area contributed by atoms with Gasteiger partial charge in [-0.05, 0) is 84.8 Å². The standard InChI is InChI=1S/C36H38BF3N4O3/c1-34(2)28-19-30(34)35(3)31(20-28)46-37(47-35)32(18-23-8-5-4-6-9-23)44-33(45)42-15-14-24-10-7-11-25(16-24)17-26(21-41)29-13-12-27(22-43-29)36(38,39)40/h4-13,16-17,22,28,30-32H,14-15,18-20H2,1-3H3,(H2,42,44,45)/t28-,30-,31+,32?,35-/m0/s1. The number of halogens is 3. The van der Waals surface area contributed by atoms with E-state index in [1.807, 2.05) is 54.6 Å². The van der Waals surface area contributed by atoms with Crippen LogP contribution < -0.4 is 10.6 Å². The van der Waals surface area contributed by atoms with E-state index >= 15 is 0 Å². The molecule has 4 fully saturated rings. The Hall–Kier alpha value is -4.14. The van der Waals surface area contributed by atoms with Gasteiger partial charge < -0.3 is 19.9 Å². The molecule has 1 saturated heterocycles. The first kappa shape index (κ1) is 32.8. The first-order valence-corrected chi connectivity index (χ1v) is 16.0. The number of pyridine rings is 1. The molecule has 5 atom stereocenters. The van der Waals surface area contributed by atoms with Crippen molar-refractivity contribution < 1.29 is 27.3 Å². The van der Waals surface area contributed by atoms with Gasteiger partial charge in [0, 0.05) is 12.7 Å². The smallest absolute Gasteiger partial charge is 0.404 e. The molecule has 11 heteroatoms. The zero-order chi connectivity index (χ0) is 33.4. The third-order valence-corrected chi connectivity index (χ3v) is 10.4. The van der Waals surface area contributed by atoms with Crippen LogP contribution in [0.5, 0.6) is 0 Å². The van der Waals surface area contributed by atoms with E-state index in [4.69, 9.17) is 9.31 Å². The summed E-state index contributed by atoms with van der Waals surface area (Å²) in [6.45, 7) is 7.17. The van der Waals surface area contributed by atoms with Gasteiger partial charge in [-0.15, -0.1) is 0 Å². The minimum absolute atomic E-state index is 0.00492. The quantitative estimate of drug-likeness (QED) is 0.196. The summed E-state index contributed by atoms with van der Waals surface area (Å²) in [6.07, 6.45) is 0.995. The van der Waals surface area contributed by atoms with Crippen molar-refractivity contribution in [2.75, 3.05) is 6.54 Å². The van der Waals surface area contributed by atoms with E-state index in [0.29, 0.717) is 36.8 Å². The van der Waals surface area contributed by atoms with Crippen molar-refractivity contribution in [1.82, 2.24) is 15.6 Å². The number of rotatable bonds is 9. The number of allylic oxidation sites excluding steroid dienone is 1. The lowest BCUT2D eigenvalue weighted by Crippen LogP contribution is -2.65. The van der Waals surface area contributed by atoms with Crippen molar-refractivity contribution >= 4 is 24.8 Å². The summed E-state index contributed by atoms with van der Waals surface area (Å²) in [4.78, 5) is 17.0. The molecule has 2 bridgehead atoms. The highest BCUT2D eigenvalue weighted by molar-refractivity contribution is 6.48. The second kappa shape index (κ2) is 12.8. The summed E-state index contributed by atoms with van der Waals surface area (Å²) in [7, 11) is -0.567. The number of hydrogen-bond acceptors (Lipinski definition) is 5. The summed E-state index contributed by atoms with van der Waals surface area (Å²) in [5, 5.41) is 15.7. The molecular formula is C36H38BF3N4O3. The summed E-state index contributed by atoms with van der Waals surface area (Å²) in [5.74, 6) is 0.645. The largest absolute Gasteiger partial charge is 0.482 e. The maximum atomic E-state index is 13.2. The molecule has 1 aliphatic heterocycles. The van der Waals surface area contributed by atoms with Crippen molar-refractivity contribution in [3.63, 3.8) is 0 Å². The van der Waals surface area contributed by atoms with E-state index < -0.39 is 24.8 Å². The molecule has 1 aromatic heterocycles. The SMILES string of the molecule is CC1(C)[C@@H]2C[C@H]3OB(C(Cc4ccccc4)NC(=O)NCCc4cccc(C=C(C#N)c5ccc(C(F)(F)F)cn5)c4)O[C@@]3(C)[C@H]1C2. The molecule has 7 nitrogen and oxygen atoms in total. The number of carbonyl (C=O) groups excluding carboxylic acids is 1. The Bertz CT molecular complexity index is 1680. The Kier molecular flexibility index (Phi) is 8.94. The molecule has 0 spiro atoms. The number of nitrogens with one attached hydrogen (secondary N) is 2. The Morgan fingerprint density at radius 3 is 2.55 bits per heavy atom. The molecule has 47 heavy (non-hydrogen) atoms. The number of carbonyl (C=O) groups is 1. The topological polar surface area (TPSA) is 96.3 Å². The molecule has 2 aromatic carbocycles. The molecule has 7 rings (SSSR count). The monoisotopic (exact) mass is 642 g/mol. The van der Waals surface area contributed by atoms with Crippen LogP contribution in [0.2, 0.25) is 0 Å². The number of urea groups is 1. The maximum absolute atomic E-state index is 13.2. The normalized spacial score (nSPS) is 25.3. The van der Waals surface area contributed by atoms with Crippen molar-refractivity contribution in [3.05, 3.63) is 101 Å². The van der Waals surface area contributed by atoms with Crippen molar-refractivity contribution in [2.24, 2.45) is 17.3 Å². The van der Waals surface area contributed by atoms with E-state index in [9.17, 15) is 23.2 Å². The van der Waals surface area contributed by atoms with Gasteiger partial charge in [-0.3, -0.25) is 4.98 Å². The fraction of sp³-hybridized carbons (Fsp3) is 0.417. The summed E-state index contributed by atoms with van der Waals surface area (Å²) < 4.78 is 52.0. The Morgan fingerprint density at radius 1 is 1.11 bits per heavy atom. The summed E-state index contributed by atoms with van der Waals surface area (Å²) in [5.41, 5.74) is 1.93. The maximum Gasteiger partial charge on any atom is 0.482 e. The van der Waals surface area contributed by atoms with E-state index in [0.717, 1.165) is 36.2 Å². The van der Waals surface area contributed by atoms with Crippen molar-refractivity contribution in [2.45, 2.75) is 70.3 Å². The zero-order valence-electron chi connectivity index (χ0n) is 26.7. The zero-order valence-corrected chi connectivity index (χ0v) is 26.7. The highest BCUT2D eigenvalue weighted by Crippen LogP contribution is 2.65. The number of nitrogens with zero attached hydrogens (tertiary/aromatic N) is 2. The van der Waals surface area contributed by atoms with E-state index in [-0.39, 0.29) is 34.4 Å². The lowest BCUT2D eigenvalue weighted by Gasteiger charge is -2.64. The van der Waals surface area contributed by atoms with E-state index in [1.165, 1.54) is 6.07 Å². The highest BCUT2D eigenvalue weighted by Gasteiger charge is 2.68. The minimum atomic E-state index is -4.50. The second-order valence-electron chi connectivity index (χ2n) is 13.6. The van der Waals surface area contributed by atoms with Gasteiger partial charge in [-0.25, -0.2) is 4.79 Å². The van der Waals surface area contributed by atoms with Crippen LogP contribution in [0, 0.1) is 28.6 Å². The molecule has 244 valence electrons. The van der Waals surface area contributed by atoms with Gasteiger partial charge in [0.1, 0.15) is 6.07 Å². The van der Waals surface area contributed by atoms with Crippen LogP contribution in [0.3, 0.4) is 0 Å². The molecule has 3 saturated carbocycles. The molecular weight excluding hydrogens is 604 g/mol. The predicted molar refractivity (Wildman–Crippen MR) is 173 cm³/mol. The van der Waals surface area contributed by atoms with Gasteiger partial charge >= 0.3 is 19.3 Å². The van der Waals surface area contributed by atoms with Gasteiger partial charge in [-0.2, -0.15) is 18.4 Å². The van der Waals surface area contributed by atoms with Crippen LogP contribution in [-0.4, -0.2) is 42.3 Å². The number of alkyl halides is 3. The van der Waals surface area contributed by atoms with E-state index in [2.05, 4.69) is 36.4 Å². The summed E-state index contributed by atoms with van der Waals surface area (Å²) in [6, 6.07) is 21.2. The fourth-order valence-electron chi connectivity index (χ4n) is 7.58. The number of nitriles is 1. The number of hydrogen-bond donors (Lipinski definition) is 2. The molecule has 1 unspecified atom stereocenters. The van der Waals surface area contributed by atoms with Crippen molar-refractivity contribution in [1.29, 1.82) is 5.26 Å². The van der Waals surface area contributed by atoms with Crippen LogP contribution in [0.15, 0.2) is 72.9 Å². The third kappa shape index (κ3) is 6.81. The van der Waals surface area contributed by atoms with Gasteiger partial charge in [0.2, 0.25) is 0 Å². The van der Waals surface area contributed by atoms with Crippen LogP contribution in [0.25, 0.3) is 11.6 Å². The van der Waals surface area contributed by atoms with Crippen LogP contribution in [0.1, 0.15) is 61.6 Å².